The first-order valence-corrected chi connectivity index (χ1v) is 9.62. The average Bonchev–Trinajstić information content (AvgIpc) is 2.66. The van der Waals surface area contributed by atoms with E-state index in [-0.39, 0.29) is 6.42 Å². The summed E-state index contributed by atoms with van der Waals surface area (Å²) in [6, 6.07) is 12.9. The number of carboxylic acid groups (broad SMARTS) is 1. The molecule has 2 rings (SSSR count). The Morgan fingerprint density at radius 1 is 1.04 bits per heavy atom. The number of aryl methyl sites for hydroxylation is 1. The molecular weight excluding hydrogens is 322 g/mol. The molecular formula is C23H29NO2. The smallest absolute Gasteiger partial charge is 0.303 e. The van der Waals surface area contributed by atoms with Crippen LogP contribution in [0.15, 0.2) is 54.9 Å². The maximum atomic E-state index is 10.6. The molecule has 1 aromatic carbocycles. The zero-order chi connectivity index (χ0) is 18.6. The molecule has 0 atom stereocenters. The number of aromatic nitrogens is 1. The molecule has 138 valence electrons. The number of aliphatic carboxylic acids is 1. The zero-order valence-electron chi connectivity index (χ0n) is 15.7. The molecule has 1 N–H and O–H groups in total. The number of nitrogens with zero attached hydrogens (tertiary/aromatic N) is 1. The highest BCUT2D eigenvalue weighted by molar-refractivity contribution is 5.79. The summed E-state index contributed by atoms with van der Waals surface area (Å²) < 4.78 is 0. The van der Waals surface area contributed by atoms with Crippen LogP contribution in [0.2, 0.25) is 0 Å². The van der Waals surface area contributed by atoms with Crippen LogP contribution >= 0.6 is 0 Å². The predicted molar refractivity (Wildman–Crippen MR) is 107 cm³/mol. The van der Waals surface area contributed by atoms with Crippen LogP contribution < -0.4 is 0 Å². The fourth-order valence-corrected chi connectivity index (χ4v) is 3.02. The van der Waals surface area contributed by atoms with Gasteiger partial charge in [-0.2, -0.15) is 0 Å². The van der Waals surface area contributed by atoms with Crippen molar-refractivity contribution in [3.05, 3.63) is 71.6 Å². The Hall–Kier alpha value is -2.42. The van der Waals surface area contributed by atoms with Crippen molar-refractivity contribution in [2.75, 3.05) is 0 Å². The van der Waals surface area contributed by atoms with Gasteiger partial charge in [0, 0.05) is 24.4 Å². The normalized spacial score (nSPS) is 11.5. The molecule has 0 saturated heterocycles. The lowest BCUT2D eigenvalue weighted by molar-refractivity contribution is -0.137. The van der Waals surface area contributed by atoms with Crippen molar-refractivity contribution in [3.8, 4) is 0 Å². The fraction of sp³-hybridized carbons (Fsp3) is 0.391. The van der Waals surface area contributed by atoms with Gasteiger partial charge in [0.15, 0.2) is 0 Å². The number of hydrogen-bond acceptors (Lipinski definition) is 2. The van der Waals surface area contributed by atoms with E-state index >= 15 is 0 Å². The molecule has 0 unspecified atom stereocenters. The third kappa shape index (κ3) is 6.83. The van der Waals surface area contributed by atoms with E-state index in [0.717, 1.165) is 24.8 Å². The monoisotopic (exact) mass is 351 g/mol. The first-order valence-electron chi connectivity index (χ1n) is 9.62. The Balaban J connectivity index is 2.09. The molecule has 26 heavy (non-hydrogen) atoms. The van der Waals surface area contributed by atoms with Crippen LogP contribution in [0.25, 0.3) is 5.57 Å². The minimum Gasteiger partial charge on any atom is -0.481 e. The van der Waals surface area contributed by atoms with Crippen molar-refractivity contribution < 1.29 is 9.90 Å². The summed E-state index contributed by atoms with van der Waals surface area (Å²) in [5, 5.41) is 8.76. The minimum absolute atomic E-state index is 0.239. The summed E-state index contributed by atoms with van der Waals surface area (Å²) >= 11 is 0. The van der Waals surface area contributed by atoms with E-state index in [4.69, 9.17) is 5.11 Å². The van der Waals surface area contributed by atoms with E-state index in [1.807, 2.05) is 12.3 Å². The second-order valence-electron chi connectivity index (χ2n) is 6.65. The molecule has 0 radical (unpaired) electrons. The van der Waals surface area contributed by atoms with Gasteiger partial charge >= 0.3 is 5.97 Å². The molecule has 1 aromatic heterocycles. The van der Waals surface area contributed by atoms with Crippen molar-refractivity contribution in [1.29, 1.82) is 0 Å². The van der Waals surface area contributed by atoms with Gasteiger partial charge in [-0.25, -0.2) is 0 Å². The summed E-state index contributed by atoms with van der Waals surface area (Å²) in [5.74, 6) is -0.722. The van der Waals surface area contributed by atoms with Crippen LogP contribution in [0.1, 0.15) is 68.6 Å². The maximum Gasteiger partial charge on any atom is 0.303 e. The van der Waals surface area contributed by atoms with Crippen LogP contribution in [0.4, 0.5) is 0 Å². The molecule has 0 fully saturated rings. The van der Waals surface area contributed by atoms with E-state index in [9.17, 15) is 4.79 Å². The molecule has 0 bridgehead atoms. The van der Waals surface area contributed by atoms with Gasteiger partial charge in [-0.15, -0.1) is 0 Å². The molecule has 0 aliphatic heterocycles. The van der Waals surface area contributed by atoms with Crippen LogP contribution in [0.3, 0.4) is 0 Å². The second kappa shape index (κ2) is 11.2. The quantitative estimate of drug-likeness (QED) is 0.513. The van der Waals surface area contributed by atoms with E-state index in [2.05, 4.69) is 48.3 Å². The summed E-state index contributed by atoms with van der Waals surface area (Å²) in [7, 11) is 0. The molecule has 3 heteroatoms. The number of carbonyl (C=O) groups is 1. The van der Waals surface area contributed by atoms with Crippen LogP contribution in [-0.4, -0.2) is 16.1 Å². The van der Waals surface area contributed by atoms with E-state index in [1.165, 1.54) is 36.0 Å². The molecule has 3 nitrogen and oxygen atoms in total. The second-order valence-corrected chi connectivity index (χ2v) is 6.65. The first-order chi connectivity index (χ1) is 12.7. The Labute approximate surface area is 156 Å². The Bertz CT molecular complexity index is 690. The third-order valence-electron chi connectivity index (χ3n) is 4.50. The number of rotatable bonds is 11. The van der Waals surface area contributed by atoms with Crippen molar-refractivity contribution in [2.24, 2.45) is 0 Å². The minimum atomic E-state index is -0.722. The lowest BCUT2D eigenvalue weighted by atomic mass is 9.95. The summed E-state index contributed by atoms with van der Waals surface area (Å²) in [6.07, 6.45) is 13.5. The van der Waals surface area contributed by atoms with Crippen molar-refractivity contribution in [2.45, 2.75) is 58.3 Å². The fourth-order valence-electron chi connectivity index (χ4n) is 3.02. The first kappa shape index (κ1) is 19.9. The summed E-state index contributed by atoms with van der Waals surface area (Å²) in [5.41, 5.74) is 4.85. The third-order valence-corrected chi connectivity index (χ3v) is 4.50. The van der Waals surface area contributed by atoms with Crippen molar-refractivity contribution >= 4 is 11.5 Å². The molecule has 0 amide bonds. The summed E-state index contributed by atoms with van der Waals surface area (Å²) in [4.78, 5) is 14.9. The Morgan fingerprint density at radius 2 is 1.85 bits per heavy atom. The number of allylic oxidation sites excluding steroid dienone is 1. The number of unbranched alkanes of at least 4 members (excludes halogenated alkanes) is 4. The van der Waals surface area contributed by atoms with Gasteiger partial charge in [-0.05, 0) is 54.9 Å². The Morgan fingerprint density at radius 3 is 2.50 bits per heavy atom. The molecule has 0 spiro atoms. The van der Waals surface area contributed by atoms with Gasteiger partial charge in [0.25, 0.3) is 0 Å². The van der Waals surface area contributed by atoms with Crippen LogP contribution in [0.5, 0.6) is 0 Å². The molecule has 2 aromatic rings. The lowest BCUT2D eigenvalue weighted by Gasteiger charge is -2.10. The number of pyridine rings is 1. The lowest BCUT2D eigenvalue weighted by Crippen LogP contribution is -1.94. The highest BCUT2D eigenvalue weighted by Gasteiger charge is 2.06. The van der Waals surface area contributed by atoms with E-state index < -0.39 is 5.97 Å². The maximum absolute atomic E-state index is 10.6. The predicted octanol–water partition coefficient (Wildman–Crippen LogP) is 5.89. The Kier molecular flexibility index (Phi) is 8.61. The molecule has 1 heterocycles. The van der Waals surface area contributed by atoms with Gasteiger partial charge in [0.05, 0.1) is 0 Å². The number of benzene rings is 1. The SMILES string of the molecule is CCCCCc1ccc(/C(=C/CCCCC(=O)O)c2cccnc2)cc1. The number of hydrogen-bond donors (Lipinski definition) is 1. The van der Waals surface area contributed by atoms with Crippen LogP contribution in [-0.2, 0) is 11.2 Å². The van der Waals surface area contributed by atoms with E-state index in [1.54, 1.807) is 6.20 Å². The standard InChI is InChI=1S/C23H29NO2/c1-2-3-5-9-19-13-15-20(16-14-19)22(21-10-8-17-24-18-21)11-6-4-7-12-23(25)26/h8,10-11,13-18H,2-7,9,12H2,1H3,(H,25,26)/b22-11-. The van der Waals surface area contributed by atoms with Crippen molar-refractivity contribution in [1.82, 2.24) is 4.98 Å². The molecule has 0 aliphatic rings. The highest BCUT2D eigenvalue weighted by atomic mass is 16.4. The van der Waals surface area contributed by atoms with Gasteiger partial charge in [-0.1, -0.05) is 56.2 Å². The van der Waals surface area contributed by atoms with Gasteiger partial charge < -0.3 is 5.11 Å². The topological polar surface area (TPSA) is 50.2 Å². The molecule has 0 saturated carbocycles. The number of carboxylic acids is 1. The van der Waals surface area contributed by atoms with Gasteiger partial charge in [0.2, 0.25) is 0 Å². The van der Waals surface area contributed by atoms with Crippen molar-refractivity contribution in [3.63, 3.8) is 0 Å². The van der Waals surface area contributed by atoms with E-state index in [0.29, 0.717) is 6.42 Å². The highest BCUT2D eigenvalue weighted by Crippen LogP contribution is 2.25. The van der Waals surface area contributed by atoms with Gasteiger partial charge in [0.1, 0.15) is 0 Å². The average molecular weight is 351 g/mol. The van der Waals surface area contributed by atoms with Gasteiger partial charge in [-0.3, -0.25) is 9.78 Å². The zero-order valence-corrected chi connectivity index (χ0v) is 15.7. The largest absolute Gasteiger partial charge is 0.481 e. The van der Waals surface area contributed by atoms with Crippen LogP contribution in [0, 0.1) is 0 Å². The molecule has 0 aliphatic carbocycles. The summed E-state index contributed by atoms with van der Waals surface area (Å²) in [6.45, 7) is 2.23.